The van der Waals surface area contributed by atoms with Crippen molar-refractivity contribution in [2.75, 3.05) is 26.7 Å². The van der Waals surface area contributed by atoms with Gasteiger partial charge in [-0.15, -0.1) is 0 Å². The van der Waals surface area contributed by atoms with E-state index in [1.54, 1.807) is 0 Å². The van der Waals surface area contributed by atoms with Crippen molar-refractivity contribution in [1.82, 2.24) is 20.9 Å². The summed E-state index contributed by atoms with van der Waals surface area (Å²) < 4.78 is 0. The molecule has 1 aromatic carbocycles. The van der Waals surface area contributed by atoms with E-state index in [0.717, 1.165) is 31.6 Å². The summed E-state index contributed by atoms with van der Waals surface area (Å²) in [6.07, 6.45) is 8.11. The minimum absolute atomic E-state index is 0.102. The number of carbonyl (C=O) groups excluding carboxylic acids is 1. The van der Waals surface area contributed by atoms with Gasteiger partial charge in [-0.05, 0) is 71.4 Å². The second-order valence-electron chi connectivity index (χ2n) is 11.6. The Morgan fingerprint density at radius 1 is 1.17 bits per heavy atom. The number of amides is 1. The van der Waals surface area contributed by atoms with Gasteiger partial charge in [-0.25, -0.2) is 0 Å². The third-order valence-corrected chi connectivity index (χ3v) is 7.57. The van der Waals surface area contributed by atoms with Gasteiger partial charge in [0, 0.05) is 30.9 Å². The lowest BCUT2D eigenvalue weighted by Gasteiger charge is -2.47. The van der Waals surface area contributed by atoms with Gasteiger partial charge in [0.2, 0.25) is 5.91 Å². The fraction of sp³-hybridized carbons (Fsp3) is 0.690. The van der Waals surface area contributed by atoms with E-state index in [1.807, 2.05) is 52.9 Å². The molecule has 0 bridgehead atoms. The summed E-state index contributed by atoms with van der Waals surface area (Å²) in [7, 11) is 1.93. The van der Waals surface area contributed by atoms with Gasteiger partial charge in [-0.3, -0.25) is 9.69 Å². The predicted molar refractivity (Wildman–Crippen MR) is 144 cm³/mol. The Kier molecular flexibility index (Phi) is 10.2. The van der Waals surface area contributed by atoms with E-state index < -0.39 is 6.10 Å². The summed E-state index contributed by atoms with van der Waals surface area (Å²) in [5.41, 5.74) is 1.99. The van der Waals surface area contributed by atoms with Gasteiger partial charge in [-0.2, -0.15) is 0 Å². The molecule has 1 aromatic rings. The quantitative estimate of drug-likeness (QED) is 0.409. The number of likely N-dealkylation sites (N-methyl/N-ethyl adjacent to an activating group) is 1. The molecule has 1 aliphatic heterocycles. The number of aliphatic hydroxyl groups is 1. The topological polar surface area (TPSA) is 76.6 Å². The molecule has 0 spiro atoms. The standard InChI is InChI=1S/C29H48N4O2/c1-6-24(18-30-5)31-25(16-21-12-8-7-9-13-21)27(34)20-33-19-23-15-11-10-14-22(23)17-26(33)28(35)32-29(2,3)4/h6-9,12-13,22-23,25-27,30-31,34H,10-11,14-20H2,1-5H3,(H,32,35)/b24-6+. The highest BCUT2D eigenvalue weighted by molar-refractivity contribution is 5.82. The SMILES string of the molecule is C/C=C(\CNC)NC(Cc1ccccc1)C(O)CN1CC2CCCCC2CC1C(=O)NC(C)(C)C. The highest BCUT2D eigenvalue weighted by Crippen LogP contribution is 2.39. The summed E-state index contributed by atoms with van der Waals surface area (Å²) in [4.78, 5) is 15.7. The van der Waals surface area contributed by atoms with Crippen molar-refractivity contribution in [2.45, 2.75) is 89.9 Å². The lowest BCUT2D eigenvalue weighted by Crippen LogP contribution is -2.60. The van der Waals surface area contributed by atoms with E-state index in [1.165, 1.54) is 31.2 Å². The average Bonchev–Trinajstić information content (AvgIpc) is 2.82. The number of β-amino-alcohol motifs (C(OH)–C–C–N with tert-alkyl or cyclic N) is 1. The summed E-state index contributed by atoms with van der Waals surface area (Å²) >= 11 is 0. The predicted octanol–water partition coefficient (Wildman–Crippen LogP) is 3.47. The average molecular weight is 485 g/mol. The molecular weight excluding hydrogens is 436 g/mol. The van der Waals surface area contributed by atoms with Crippen LogP contribution < -0.4 is 16.0 Å². The fourth-order valence-corrected chi connectivity index (χ4v) is 5.81. The maximum atomic E-state index is 13.4. The lowest BCUT2D eigenvalue weighted by molar-refractivity contribution is -0.132. The zero-order valence-electron chi connectivity index (χ0n) is 22.5. The number of likely N-dealkylation sites (tertiary alicyclic amines) is 1. The number of hydrogen-bond acceptors (Lipinski definition) is 5. The minimum Gasteiger partial charge on any atom is -0.390 e. The number of rotatable bonds is 10. The zero-order chi connectivity index (χ0) is 25.4. The van der Waals surface area contributed by atoms with Gasteiger partial charge >= 0.3 is 0 Å². The van der Waals surface area contributed by atoms with Crippen LogP contribution in [0.15, 0.2) is 42.1 Å². The number of benzene rings is 1. The molecule has 196 valence electrons. The second kappa shape index (κ2) is 12.9. The summed E-state index contributed by atoms with van der Waals surface area (Å²) in [5, 5.41) is 21.6. The normalized spacial score (nSPS) is 25.4. The molecule has 5 atom stereocenters. The number of nitrogens with one attached hydrogen (secondary N) is 3. The first-order valence-corrected chi connectivity index (χ1v) is 13.5. The minimum atomic E-state index is -0.605. The van der Waals surface area contributed by atoms with Crippen LogP contribution in [0.1, 0.15) is 65.4 Å². The highest BCUT2D eigenvalue weighted by atomic mass is 16.3. The van der Waals surface area contributed by atoms with Crippen LogP contribution in [0.2, 0.25) is 0 Å². The van der Waals surface area contributed by atoms with E-state index in [-0.39, 0.29) is 23.5 Å². The monoisotopic (exact) mass is 484 g/mol. The second-order valence-corrected chi connectivity index (χ2v) is 11.6. The number of nitrogens with zero attached hydrogens (tertiary/aromatic N) is 1. The van der Waals surface area contributed by atoms with Crippen LogP contribution in [0.25, 0.3) is 0 Å². The molecule has 5 unspecified atom stereocenters. The van der Waals surface area contributed by atoms with Crippen molar-refractivity contribution < 1.29 is 9.90 Å². The maximum Gasteiger partial charge on any atom is 0.237 e. The fourth-order valence-electron chi connectivity index (χ4n) is 5.81. The molecule has 2 aliphatic rings. The molecular formula is C29H48N4O2. The Morgan fingerprint density at radius 2 is 1.86 bits per heavy atom. The van der Waals surface area contributed by atoms with Crippen molar-refractivity contribution in [1.29, 1.82) is 0 Å². The molecule has 4 N–H and O–H groups in total. The number of piperidine rings is 1. The number of allylic oxidation sites excluding steroid dienone is 1. The first-order valence-electron chi connectivity index (χ1n) is 13.5. The van der Waals surface area contributed by atoms with E-state index in [9.17, 15) is 9.90 Å². The van der Waals surface area contributed by atoms with Gasteiger partial charge in [0.1, 0.15) is 0 Å². The third-order valence-electron chi connectivity index (χ3n) is 7.57. The third kappa shape index (κ3) is 8.33. The molecule has 1 saturated heterocycles. The van der Waals surface area contributed by atoms with Crippen molar-refractivity contribution in [3.05, 3.63) is 47.7 Å². The first kappa shape index (κ1) is 27.7. The van der Waals surface area contributed by atoms with Gasteiger partial charge in [0.15, 0.2) is 0 Å². The molecule has 3 rings (SSSR count). The van der Waals surface area contributed by atoms with Crippen LogP contribution in [0.4, 0.5) is 0 Å². The molecule has 0 aromatic heterocycles. The molecule has 2 fully saturated rings. The Hall–Kier alpha value is -1.89. The summed E-state index contributed by atoms with van der Waals surface area (Å²) in [6, 6.07) is 10.0. The highest BCUT2D eigenvalue weighted by Gasteiger charge is 2.41. The van der Waals surface area contributed by atoms with Crippen LogP contribution in [0, 0.1) is 11.8 Å². The first-order chi connectivity index (χ1) is 16.7. The molecule has 1 saturated carbocycles. The molecule has 1 heterocycles. The van der Waals surface area contributed by atoms with Crippen molar-refractivity contribution in [3.8, 4) is 0 Å². The van der Waals surface area contributed by atoms with Crippen molar-refractivity contribution in [3.63, 3.8) is 0 Å². The molecule has 1 amide bonds. The number of hydrogen-bond donors (Lipinski definition) is 4. The van der Waals surface area contributed by atoms with E-state index in [0.29, 0.717) is 18.4 Å². The molecule has 1 aliphatic carbocycles. The van der Waals surface area contributed by atoms with E-state index >= 15 is 0 Å². The lowest BCUT2D eigenvalue weighted by atomic mass is 9.72. The number of carbonyl (C=O) groups is 1. The van der Waals surface area contributed by atoms with Gasteiger partial charge in [-0.1, -0.05) is 55.7 Å². The Labute approximate surface area is 212 Å². The van der Waals surface area contributed by atoms with Crippen LogP contribution >= 0.6 is 0 Å². The molecule has 0 radical (unpaired) electrons. The largest absolute Gasteiger partial charge is 0.390 e. The van der Waals surface area contributed by atoms with Crippen molar-refractivity contribution >= 4 is 5.91 Å². The Bertz CT molecular complexity index is 820. The van der Waals surface area contributed by atoms with Crippen LogP contribution in [-0.2, 0) is 11.2 Å². The molecule has 35 heavy (non-hydrogen) atoms. The Balaban J connectivity index is 1.79. The molecule has 6 heteroatoms. The number of fused-ring (bicyclic) bond motifs is 1. The van der Waals surface area contributed by atoms with Crippen molar-refractivity contribution in [2.24, 2.45) is 11.8 Å². The van der Waals surface area contributed by atoms with Gasteiger partial charge in [0.05, 0.1) is 18.2 Å². The van der Waals surface area contributed by atoms with Crippen LogP contribution in [0.5, 0.6) is 0 Å². The van der Waals surface area contributed by atoms with Gasteiger partial charge < -0.3 is 21.1 Å². The summed E-state index contributed by atoms with van der Waals surface area (Å²) in [5.74, 6) is 1.35. The Morgan fingerprint density at radius 3 is 2.49 bits per heavy atom. The smallest absolute Gasteiger partial charge is 0.237 e. The maximum absolute atomic E-state index is 13.4. The summed E-state index contributed by atoms with van der Waals surface area (Å²) in [6.45, 7) is 10.2. The van der Waals surface area contributed by atoms with Gasteiger partial charge in [0.25, 0.3) is 0 Å². The number of aliphatic hydroxyl groups excluding tert-OH is 1. The van der Waals surface area contributed by atoms with E-state index in [2.05, 4.69) is 39.1 Å². The van der Waals surface area contributed by atoms with Crippen LogP contribution in [-0.4, -0.2) is 66.3 Å². The van der Waals surface area contributed by atoms with Crippen LogP contribution in [0.3, 0.4) is 0 Å². The molecule has 6 nitrogen and oxygen atoms in total. The zero-order valence-corrected chi connectivity index (χ0v) is 22.5. The van der Waals surface area contributed by atoms with E-state index in [4.69, 9.17) is 0 Å².